The van der Waals surface area contributed by atoms with Crippen LogP contribution in [-0.2, 0) is 19.1 Å². The summed E-state index contributed by atoms with van der Waals surface area (Å²) in [6.45, 7) is 10.7. The number of aliphatic hydroxyl groups is 2. The zero-order valence-electron chi connectivity index (χ0n) is 24.7. The van der Waals surface area contributed by atoms with Crippen LogP contribution in [0, 0.1) is 57.7 Å². The summed E-state index contributed by atoms with van der Waals surface area (Å²) < 4.78 is 5.45. The minimum atomic E-state index is -1.55. The first-order valence-electron chi connectivity index (χ1n) is 15.6. The first kappa shape index (κ1) is 29.1. The molecule has 12 atom stereocenters. The summed E-state index contributed by atoms with van der Waals surface area (Å²) in [6, 6.07) is 0. The lowest BCUT2D eigenvalue weighted by Crippen LogP contribution is -2.60. The number of ether oxygens (including phenoxy) is 1. The number of carbonyl (C=O) groups is 3. The van der Waals surface area contributed by atoms with Gasteiger partial charge in [0.15, 0.2) is 12.1 Å². The van der Waals surface area contributed by atoms with Gasteiger partial charge in [-0.15, -0.1) is 0 Å². The molecule has 39 heavy (non-hydrogen) atoms. The first-order valence-corrected chi connectivity index (χ1v) is 15.6. The number of aldehydes is 1. The molecule has 0 heterocycles. The third kappa shape index (κ3) is 4.34. The number of hydrogen-bond acceptors (Lipinski definition) is 6. The smallest absolute Gasteiger partial charge is 0.171 e. The minimum absolute atomic E-state index is 0.0811. The molecule has 0 saturated heterocycles. The summed E-state index contributed by atoms with van der Waals surface area (Å²) in [6.07, 6.45) is 10.2. The molecule has 5 aliphatic rings. The van der Waals surface area contributed by atoms with Gasteiger partial charge in [0.05, 0.1) is 12.7 Å². The second-order valence-corrected chi connectivity index (χ2v) is 14.5. The highest BCUT2D eigenvalue weighted by Crippen LogP contribution is 2.70. The van der Waals surface area contributed by atoms with Crippen molar-refractivity contribution in [1.82, 2.24) is 0 Å². The topological polar surface area (TPSA) is 101 Å². The van der Waals surface area contributed by atoms with E-state index in [-0.39, 0.29) is 35.1 Å². The van der Waals surface area contributed by atoms with E-state index in [1.54, 1.807) is 6.92 Å². The Balaban J connectivity index is 1.50. The zero-order valence-corrected chi connectivity index (χ0v) is 24.7. The average molecular weight is 543 g/mol. The van der Waals surface area contributed by atoms with Gasteiger partial charge in [-0.3, -0.25) is 9.59 Å². The van der Waals surface area contributed by atoms with Gasteiger partial charge in [-0.1, -0.05) is 52.2 Å². The van der Waals surface area contributed by atoms with Crippen LogP contribution in [0.1, 0.15) is 98.8 Å². The van der Waals surface area contributed by atoms with E-state index in [0.29, 0.717) is 42.2 Å². The van der Waals surface area contributed by atoms with Gasteiger partial charge in [0.2, 0.25) is 0 Å². The van der Waals surface area contributed by atoms with Gasteiger partial charge in [0.1, 0.15) is 18.0 Å². The fourth-order valence-electron chi connectivity index (χ4n) is 10.9. The van der Waals surface area contributed by atoms with E-state index < -0.39 is 23.7 Å². The Kier molecular flexibility index (Phi) is 7.82. The van der Waals surface area contributed by atoms with Crippen LogP contribution in [0.4, 0.5) is 0 Å². The second-order valence-electron chi connectivity index (χ2n) is 14.5. The molecule has 0 aromatic rings. The van der Waals surface area contributed by atoms with E-state index in [4.69, 9.17) is 4.74 Å². The van der Waals surface area contributed by atoms with Crippen molar-refractivity contribution >= 4 is 17.9 Å². The number of rotatable bonds is 7. The lowest BCUT2D eigenvalue weighted by Gasteiger charge is -2.66. The average Bonchev–Trinajstić information content (AvgIpc) is 2.90. The van der Waals surface area contributed by atoms with Crippen molar-refractivity contribution in [2.24, 2.45) is 57.7 Å². The van der Waals surface area contributed by atoms with E-state index >= 15 is 0 Å². The van der Waals surface area contributed by atoms with Crippen molar-refractivity contribution < 1.29 is 29.3 Å². The number of ketones is 2. The summed E-state index contributed by atoms with van der Waals surface area (Å²) in [5, 5.41) is 20.1. The van der Waals surface area contributed by atoms with Crippen molar-refractivity contribution in [3.8, 4) is 0 Å². The number of Topliss-reactive ketones (excluding diaryl/α,β-unsaturated/α-hetero) is 2. The molecular weight excluding hydrogens is 492 g/mol. The number of fused-ring (bicyclic) bond motifs is 7. The molecule has 12 unspecified atom stereocenters. The van der Waals surface area contributed by atoms with Crippen molar-refractivity contribution in [3.05, 3.63) is 11.6 Å². The number of allylic oxidation sites excluding steroid dienone is 2. The van der Waals surface area contributed by atoms with Gasteiger partial charge in [-0.25, -0.2) is 0 Å². The summed E-state index contributed by atoms with van der Waals surface area (Å²) in [7, 11) is 0. The van der Waals surface area contributed by atoms with Gasteiger partial charge >= 0.3 is 0 Å². The molecule has 4 saturated carbocycles. The standard InChI is InChI=1S/C33H50O6/c1-19-7-6-13-33(29(37)23(18-35)30(38)39-20(2)17-34)16-11-25-22(28(19)33)8-9-27-31(4)15-12-26(36)21(3)24(31)10-14-32(25,27)5/h8,18-21,23-25,27-28,30,34,38H,6-7,9-17H2,1-5H3. The molecule has 6 heteroatoms. The normalized spacial score (nSPS) is 45.9. The van der Waals surface area contributed by atoms with Gasteiger partial charge in [0.25, 0.3) is 0 Å². The molecule has 0 aliphatic heterocycles. The lowest BCUT2D eigenvalue weighted by molar-refractivity contribution is -0.185. The quantitative estimate of drug-likeness (QED) is 0.196. The maximum Gasteiger partial charge on any atom is 0.171 e. The Morgan fingerprint density at radius 1 is 1.13 bits per heavy atom. The van der Waals surface area contributed by atoms with Crippen LogP contribution in [0.15, 0.2) is 11.6 Å². The Bertz CT molecular complexity index is 1020. The molecule has 5 aliphatic carbocycles. The Morgan fingerprint density at radius 2 is 1.87 bits per heavy atom. The Labute approximate surface area is 234 Å². The van der Waals surface area contributed by atoms with Crippen LogP contribution in [0.3, 0.4) is 0 Å². The van der Waals surface area contributed by atoms with Crippen LogP contribution in [0.5, 0.6) is 0 Å². The summed E-state index contributed by atoms with van der Waals surface area (Å²) in [5.74, 6) is 0.994. The third-order valence-electron chi connectivity index (χ3n) is 12.8. The number of carbonyl (C=O) groups excluding carboxylic acids is 3. The summed E-state index contributed by atoms with van der Waals surface area (Å²) >= 11 is 0. The van der Waals surface area contributed by atoms with Crippen LogP contribution >= 0.6 is 0 Å². The maximum atomic E-state index is 14.3. The molecule has 5 rings (SSSR count). The van der Waals surface area contributed by atoms with Crippen LogP contribution in [0.2, 0.25) is 0 Å². The van der Waals surface area contributed by atoms with Crippen molar-refractivity contribution in [2.75, 3.05) is 6.61 Å². The monoisotopic (exact) mass is 542 g/mol. The van der Waals surface area contributed by atoms with Crippen LogP contribution < -0.4 is 0 Å². The summed E-state index contributed by atoms with van der Waals surface area (Å²) in [5.41, 5.74) is 1.09. The minimum Gasteiger partial charge on any atom is -0.394 e. The predicted octanol–water partition coefficient (Wildman–Crippen LogP) is 5.29. The van der Waals surface area contributed by atoms with Crippen molar-refractivity contribution in [1.29, 1.82) is 0 Å². The molecule has 0 aromatic heterocycles. The van der Waals surface area contributed by atoms with Gasteiger partial charge in [0, 0.05) is 17.8 Å². The van der Waals surface area contributed by atoms with E-state index in [9.17, 15) is 24.6 Å². The van der Waals surface area contributed by atoms with Crippen LogP contribution in [-0.4, -0.2) is 47.1 Å². The van der Waals surface area contributed by atoms with E-state index in [1.807, 2.05) is 0 Å². The van der Waals surface area contributed by atoms with Crippen LogP contribution in [0.25, 0.3) is 0 Å². The Morgan fingerprint density at radius 3 is 2.56 bits per heavy atom. The number of hydrogen-bond donors (Lipinski definition) is 2. The van der Waals surface area contributed by atoms with Gasteiger partial charge in [-0.2, -0.15) is 0 Å². The summed E-state index contributed by atoms with van der Waals surface area (Å²) in [4.78, 5) is 39.2. The molecule has 6 nitrogen and oxygen atoms in total. The molecule has 0 spiro atoms. The largest absolute Gasteiger partial charge is 0.394 e. The molecule has 0 bridgehead atoms. The lowest BCUT2D eigenvalue weighted by atomic mass is 9.38. The van der Waals surface area contributed by atoms with E-state index in [1.165, 1.54) is 5.57 Å². The molecule has 0 radical (unpaired) electrons. The van der Waals surface area contributed by atoms with Gasteiger partial charge in [-0.05, 0) is 92.3 Å². The number of aliphatic hydroxyl groups excluding tert-OH is 2. The third-order valence-corrected chi connectivity index (χ3v) is 12.8. The first-order chi connectivity index (χ1) is 18.4. The Hall–Kier alpha value is -1.37. The second kappa shape index (κ2) is 10.5. The maximum absolute atomic E-state index is 14.3. The van der Waals surface area contributed by atoms with Gasteiger partial charge < -0.3 is 19.7 Å². The molecule has 2 N–H and O–H groups in total. The zero-order chi connectivity index (χ0) is 28.3. The van der Waals surface area contributed by atoms with E-state index in [0.717, 1.165) is 57.8 Å². The molecule has 0 aromatic carbocycles. The molecule has 218 valence electrons. The fourth-order valence-corrected chi connectivity index (χ4v) is 10.9. The highest BCUT2D eigenvalue weighted by atomic mass is 16.6. The SMILES string of the molecule is CC(CO)OC(O)C(C=O)C(=O)C12CCCC(C)C1C1=CCC3C(C)(CCC4C(C)C(=O)CCC43C)C1CC2. The molecule has 4 fully saturated rings. The molecule has 0 amide bonds. The van der Waals surface area contributed by atoms with Crippen molar-refractivity contribution in [3.63, 3.8) is 0 Å². The van der Waals surface area contributed by atoms with Crippen molar-refractivity contribution in [2.45, 2.75) is 111 Å². The highest BCUT2D eigenvalue weighted by molar-refractivity contribution is 5.98. The highest BCUT2D eigenvalue weighted by Gasteiger charge is 2.64. The fraction of sp³-hybridized carbons (Fsp3) is 0.848. The predicted molar refractivity (Wildman–Crippen MR) is 148 cm³/mol. The molecular formula is C33H50O6. The van der Waals surface area contributed by atoms with E-state index in [2.05, 4.69) is 33.8 Å².